The number of para-hydroxylation sites is 1. The molecule has 2 fully saturated rings. The van der Waals surface area contributed by atoms with Crippen molar-refractivity contribution >= 4 is 39.1 Å². The highest BCUT2D eigenvalue weighted by atomic mass is 32.1. The summed E-state index contributed by atoms with van der Waals surface area (Å²) in [5.74, 6) is 1.93. The first-order valence-corrected chi connectivity index (χ1v) is 12.7. The van der Waals surface area contributed by atoms with Crippen molar-refractivity contribution < 1.29 is 4.63 Å². The van der Waals surface area contributed by atoms with E-state index in [2.05, 4.69) is 35.7 Å². The van der Waals surface area contributed by atoms with E-state index in [1.54, 1.807) is 0 Å². The van der Waals surface area contributed by atoms with Gasteiger partial charge in [0.2, 0.25) is 5.95 Å². The van der Waals surface area contributed by atoms with Crippen LogP contribution < -0.4 is 26.0 Å². The van der Waals surface area contributed by atoms with Crippen LogP contribution in [0.1, 0.15) is 18.5 Å². The van der Waals surface area contributed by atoms with Gasteiger partial charge in [0.05, 0.1) is 10.2 Å². The third kappa shape index (κ3) is 4.34. The number of H-pyrrole nitrogens is 1. The molecule has 1 aromatic carbocycles. The van der Waals surface area contributed by atoms with Crippen molar-refractivity contribution in [3.8, 4) is 10.6 Å². The molecule has 2 saturated heterocycles. The SMILES string of the molecule is Cc1nonc1N1CCN(c2nc(NC3CCCNC3)c(-c3nc4ccccc4s3)c(=O)[nH]2)CC1. The number of piperidine rings is 1. The summed E-state index contributed by atoms with van der Waals surface area (Å²) in [5.41, 5.74) is 1.98. The van der Waals surface area contributed by atoms with Gasteiger partial charge in [-0.1, -0.05) is 17.3 Å². The zero-order valence-electron chi connectivity index (χ0n) is 19.5. The largest absolute Gasteiger partial charge is 0.365 e. The number of hydrogen-bond donors (Lipinski definition) is 3. The van der Waals surface area contributed by atoms with Gasteiger partial charge >= 0.3 is 0 Å². The van der Waals surface area contributed by atoms with Gasteiger partial charge in [0.15, 0.2) is 5.82 Å². The fraction of sp³-hybridized carbons (Fsp3) is 0.435. The van der Waals surface area contributed by atoms with Crippen LogP contribution in [0.3, 0.4) is 0 Å². The van der Waals surface area contributed by atoms with Crippen molar-refractivity contribution in [2.24, 2.45) is 0 Å². The molecule has 3 N–H and O–H groups in total. The Balaban J connectivity index is 1.32. The Kier molecular flexibility index (Phi) is 5.82. The Hall–Kier alpha value is -3.51. The van der Waals surface area contributed by atoms with Crippen molar-refractivity contribution in [2.75, 3.05) is 54.4 Å². The number of anilines is 3. The topological polar surface area (TPSA) is 128 Å². The van der Waals surface area contributed by atoms with Gasteiger partial charge in [0.1, 0.15) is 22.1 Å². The molecule has 2 aliphatic heterocycles. The Morgan fingerprint density at radius 3 is 2.69 bits per heavy atom. The molecule has 12 heteroatoms. The highest BCUT2D eigenvalue weighted by molar-refractivity contribution is 7.21. The van der Waals surface area contributed by atoms with E-state index >= 15 is 0 Å². The molecule has 0 radical (unpaired) electrons. The van der Waals surface area contributed by atoms with Crippen LogP contribution in [0.5, 0.6) is 0 Å². The molecule has 4 aromatic rings. The van der Waals surface area contributed by atoms with Crippen molar-refractivity contribution in [1.82, 2.24) is 30.6 Å². The first-order valence-electron chi connectivity index (χ1n) is 11.9. The zero-order valence-corrected chi connectivity index (χ0v) is 20.3. The molecule has 35 heavy (non-hydrogen) atoms. The molecule has 1 unspecified atom stereocenters. The molecule has 6 rings (SSSR count). The fourth-order valence-electron chi connectivity index (χ4n) is 4.71. The van der Waals surface area contributed by atoms with Gasteiger partial charge in [-0.15, -0.1) is 11.3 Å². The highest BCUT2D eigenvalue weighted by Gasteiger charge is 2.26. The summed E-state index contributed by atoms with van der Waals surface area (Å²) in [7, 11) is 0. The molecule has 0 spiro atoms. The van der Waals surface area contributed by atoms with Gasteiger partial charge in [-0.2, -0.15) is 4.98 Å². The summed E-state index contributed by atoms with van der Waals surface area (Å²) < 4.78 is 5.90. The molecule has 182 valence electrons. The predicted molar refractivity (Wildman–Crippen MR) is 136 cm³/mol. The number of benzene rings is 1. The molecule has 11 nitrogen and oxygen atoms in total. The first-order chi connectivity index (χ1) is 17.2. The van der Waals surface area contributed by atoms with E-state index in [0.29, 0.717) is 35.4 Å². The number of nitrogens with one attached hydrogen (secondary N) is 3. The Labute approximate surface area is 205 Å². The number of aryl methyl sites for hydroxylation is 1. The normalized spacial score (nSPS) is 18.8. The zero-order chi connectivity index (χ0) is 23.8. The molecule has 1 atom stereocenters. The minimum Gasteiger partial charge on any atom is -0.365 e. The average molecular weight is 494 g/mol. The van der Waals surface area contributed by atoms with Crippen molar-refractivity contribution in [3.63, 3.8) is 0 Å². The number of thiazole rings is 1. The van der Waals surface area contributed by atoms with E-state index < -0.39 is 0 Å². The van der Waals surface area contributed by atoms with Crippen LogP contribution in [0.2, 0.25) is 0 Å². The standard InChI is InChI=1S/C23H27N9O2S/c1-14-20(30-34-29-14)31-9-11-32(12-10-31)23-27-19(25-15-5-4-8-24-13-15)18(21(33)28-23)22-26-16-6-2-3-7-17(16)35-22/h2-3,6-7,15,24H,4-5,8-13H2,1H3,(H2,25,27,28,33). The highest BCUT2D eigenvalue weighted by Crippen LogP contribution is 2.33. The van der Waals surface area contributed by atoms with Crippen molar-refractivity contribution in [2.45, 2.75) is 25.8 Å². The number of aromatic amines is 1. The van der Waals surface area contributed by atoms with Gasteiger partial charge in [-0.25, -0.2) is 9.61 Å². The van der Waals surface area contributed by atoms with Gasteiger partial charge < -0.3 is 20.4 Å². The van der Waals surface area contributed by atoms with E-state index in [1.165, 1.54) is 11.3 Å². The molecule has 3 aromatic heterocycles. The summed E-state index contributed by atoms with van der Waals surface area (Å²) >= 11 is 1.51. The summed E-state index contributed by atoms with van der Waals surface area (Å²) in [5, 5.41) is 15.6. The minimum absolute atomic E-state index is 0.181. The summed E-state index contributed by atoms with van der Waals surface area (Å²) in [6, 6.07) is 8.14. The third-order valence-electron chi connectivity index (χ3n) is 6.56. The Bertz CT molecular complexity index is 1350. The minimum atomic E-state index is -0.181. The fourth-order valence-corrected chi connectivity index (χ4v) is 5.71. The summed E-state index contributed by atoms with van der Waals surface area (Å²) in [6.45, 7) is 6.59. The number of nitrogens with zero attached hydrogens (tertiary/aromatic N) is 6. The van der Waals surface area contributed by atoms with E-state index in [0.717, 1.165) is 60.7 Å². The second-order valence-electron chi connectivity index (χ2n) is 8.93. The Morgan fingerprint density at radius 2 is 1.94 bits per heavy atom. The van der Waals surface area contributed by atoms with Crippen LogP contribution in [-0.4, -0.2) is 70.6 Å². The van der Waals surface area contributed by atoms with Crippen LogP contribution >= 0.6 is 11.3 Å². The van der Waals surface area contributed by atoms with Gasteiger partial charge in [-0.3, -0.25) is 9.78 Å². The number of rotatable bonds is 5. The average Bonchev–Trinajstić information content (AvgIpc) is 3.50. The van der Waals surface area contributed by atoms with Crippen LogP contribution in [0.25, 0.3) is 20.8 Å². The maximum Gasteiger partial charge on any atom is 0.264 e. The molecule has 0 aliphatic carbocycles. The maximum absolute atomic E-state index is 13.5. The molecular formula is C23H27N9O2S. The van der Waals surface area contributed by atoms with E-state index in [9.17, 15) is 4.79 Å². The molecule has 0 saturated carbocycles. The lowest BCUT2D eigenvalue weighted by molar-refractivity contribution is 0.304. The van der Waals surface area contributed by atoms with E-state index in [-0.39, 0.29) is 11.6 Å². The molecule has 2 aliphatic rings. The summed E-state index contributed by atoms with van der Waals surface area (Å²) in [6.07, 6.45) is 2.11. The van der Waals surface area contributed by atoms with Gasteiger partial charge in [0.25, 0.3) is 5.56 Å². The monoisotopic (exact) mass is 493 g/mol. The molecular weight excluding hydrogens is 466 g/mol. The van der Waals surface area contributed by atoms with Gasteiger partial charge in [-0.05, 0) is 43.6 Å². The third-order valence-corrected chi connectivity index (χ3v) is 7.61. The number of piperazine rings is 1. The lowest BCUT2D eigenvalue weighted by Gasteiger charge is -2.35. The molecule has 0 amide bonds. The second kappa shape index (κ2) is 9.27. The predicted octanol–water partition coefficient (Wildman–Crippen LogP) is 2.23. The van der Waals surface area contributed by atoms with E-state index in [4.69, 9.17) is 14.6 Å². The number of hydrogen-bond acceptors (Lipinski definition) is 11. The number of fused-ring (bicyclic) bond motifs is 1. The maximum atomic E-state index is 13.5. The molecule has 5 heterocycles. The quantitative estimate of drug-likeness (QED) is 0.381. The van der Waals surface area contributed by atoms with Crippen LogP contribution in [0.15, 0.2) is 33.7 Å². The van der Waals surface area contributed by atoms with Crippen molar-refractivity contribution in [3.05, 3.63) is 40.3 Å². The number of aromatic nitrogens is 5. The van der Waals surface area contributed by atoms with Gasteiger partial charge in [0, 0.05) is 38.8 Å². The second-order valence-corrected chi connectivity index (χ2v) is 9.97. The lowest BCUT2D eigenvalue weighted by atomic mass is 10.1. The van der Waals surface area contributed by atoms with Crippen LogP contribution in [0, 0.1) is 6.92 Å². The smallest absolute Gasteiger partial charge is 0.264 e. The Morgan fingerprint density at radius 1 is 1.11 bits per heavy atom. The first kappa shape index (κ1) is 22.0. The van der Waals surface area contributed by atoms with Crippen LogP contribution in [0.4, 0.5) is 17.6 Å². The van der Waals surface area contributed by atoms with Crippen molar-refractivity contribution in [1.29, 1.82) is 0 Å². The van der Waals surface area contributed by atoms with Crippen LogP contribution in [-0.2, 0) is 0 Å². The molecule has 0 bridgehead atoms. The lowest BCUT2D eigenvalue weighted by Crippen LogP contribution is -2.48. The van der Waals surface area contributed by atoms with E-state index in [1.807, 2.05) is 31.2 Å². The summed E-state index contributed by atoms with van der Waals surface area (Å²) in [4.78, 5) is 30.4.